The standard InChI is InChI=1S/C6H3I2N3/c7-3-1-2-4(8)6-5(3)9-11-10-6/h1-2H,(H,9,10,11). The SMILES string of the molecule is Ic1ccc(I)c2[nH]nnc12. The van der Waals surface area contributed by atoms with Gasteiger partial charge in [-0.1, -0.05) is 5.21 Å². The van der Waals surface area contributed by atoms with E-state index in [0.717, 1.165) is 18.2 Å². The lowest BCUT2D eigenvalue weighted by molar-refractivity contribution is 0.958. The highest BCUT2D eigenvalue weighted by Gasteiger charge is 2.04. The summed E-state index contributed by atoms with van der Waals surface area (Å²) in [7, 11) is 0. The molecule has 0 radical (unpaired) electrons. The van der Waals surface area contributed by atoms with Crippen LogP contribution >= 0.6 is 45.2 Å². The summed E-state index contributed by atoms with van der Waals surface area (Å²) in [6.07, 6.45) is 0. The zero-order valence-electron chi connectivity index (χ0n) is 5.31. The molecular weight excluding hydrogens is 368 g/mol. The number of halogens is 2. The average Bonchev–Trinajstić information content (AvgIpc) is 2.45. The summed E-state index contributed by atoms with van der Waals surface area (Å²) in [4.78, 5) is 0. The van der Waals surface area contributed by atoms with E-state index in [0.29, 0.717) is 0 Å². The molecule has 0 bridgehead atoms. The van der Waals surface area contributed by atoms with Crippen molar-refractivity contribution in [2.24, 2.45) is 0 Å². The van der Waals surface area contributed by atoms with E-state index in [1.54, 1.807) is 0 Å². The molecule has 56 valence electrons. The van der Waals surface area contributed by atoms with Gasteiger partial charge in [-0.2, -0.15) is 0 Å². The van der Waals surface area contributed by atoms with Gasteiger partial charge in [0.25, 0.3) is 0 Å². The van der Waals surface area contributed by atoms with Crippen LogP contribution in [0.4, 0.5) is 0 Å². The Morgan fingerprint density at radius 2 is 1.91 bits per heavy atom. The Bertz CT molecular complexity index is 360. The molecule has 11 heavy (non-hydrogen) atoms. The van der Waals surface area contributed by atoms with Crippen LogP contribution in [0.15, 0.2) is 12.1 Å². The molecule has 1 aromatic carbocycles. The Morgan fingerprint density at radius 3 is 2.64 bits per heavy atom. The highest BCUT2D eigenvalue weighted by atomic mass is 127. The molecule has 0 amide bonds. The van der Waals surface area contributed by atoms with E-state index >= 15 is 0 Å². The van der Waals surface area contributed by atoms with E-state index in [1.165, 1.54) is 0 Å². The van der Waals surface area contributed by atoms with Crippen molar-refractivity contribution in [3.8, 4) is 0 Å². The number of aromatic nitrogens is 3. The van der Waals surface area contributed by atoms with Crippen LogP contribution in [0.2, 0.25) is 0 Å². The summed E-state index contributed by atoms with van der Waals surface area (Å²) >= 11 is 4.50. The largest absolute Gasteiger partial charge is 0.256 e. The lowest BCUT2D eigenvalue weighted by atomic mass is 10.3. The van der Waals surface area contributed by atoms with Crippen molar-refractivity contribution in [1.29, 1.82) is 0 Å². The molecule has 0 aliphatic heterocycles. The molecule has 0 saturated heterocycles. The van der Waals surface area contributed by atoms with Crippen molar-refractivity contribution < 1.29 is 0 Å². The molecule has 1 aromatic heterocycles. The molecule has 0 unspecified atom stereocenters. The van der Waals surface area contributed by atoms with Gasteiger partial charge in [0.2, 0.25) is 0 Å². The molecular formula is C6H3I2N3. The number of nitrogens with zero attached hydrogens (tertiary/aromatic N) is 2. The zero-order valence-corrected chi connectivity index (χ0v) is 9.62. The van der Waals surface area contributed by atoms with Gasteiger partial charge in [0.05, 0.1) is 5.52 Å². The van der Waals surface area contributed by atoms with Crippen molar-refractivity contribution in [3.05, 3.63) is 19.3 Å². The van der Waals surface area contributed by atoms with Crippen LogP contribution in [-0.2, 0) is 0 Å². The maximum absolute atomic E-state index is 3.96. The fraction of sp³-hybridized carbons (Fsp3) is 0. The van der Waals surface area contributed by atoms with Crippen LogP contribution in [0.5, 0.6) is 0 Å². The highest BCUT2D eigenvalue weighted by Crippen LogP contribution is 2.20. The quantitative estimate of drug-likeness (QED) is 0.722. The fourth-order valence-corrected chi connectivity index (χ4v) is 1.98. The molecule has 0 aliphatic rings. The second-order valence-electron chi connectivity index (χ2n) is 2.06. The number of hydrogen-bond donors (Lipinski definition) is 1. The minimum absolute atomic E-state index is 0.956. The summed E-state index contributed by atoms with van der Waals surface area (Å²) < 4.78 is 2.29. The van der Waals surface area contributed by atoms with Crippen LogP contribution in [0, 0.1) is 7.14 Å². The number of fused-ring (bicyclic) bond motifs is 1. The molecule has 3 nitrogen and oxygen atoms in total. The molecule has 0 spiro atoms. The third-order valence-electron chi connectivity index (χ3n) is 1.39. The Hall–Kier alpha value is 0.0800. The van der Waals surface area contributed by atoms with Crippen molar-refractivity contribution >= 4 is 56.2 Å². The first kappa shape index (κ1) is 7.71. The number of benzene rings is 1. The van der Waals surface area contributed by atoms with Gasteiger partial charge in [0, 0.05) is 7.14 Å². The maximum atomic E-state index is 3.96. The smallest absolute Gasteiger partial charge is 0.127 e. The molecule has 0 fully saturated rings. The molecule has 2 rings (SSSR count). The number of rotatable bonds is 0. The van der Waals surface area contributed by atoms with Gasteiger partial charge in [-0.3, -0.25) is 5.10 Å². The Morgan fingerprint density at radius 1 is 1.18 bits per heavy atom. The van der Waals surface area contributed by atoms with Crippen LogP contribution in [-0.4, -0.2) is 15.4 Å². The summed E-state index contributed by atoms with van der Waals surface area (Å²) in [5.74, 6) is 0. The molecule has 0 aliphatic carbocycles. The summed E-state index contributed by atoms with van der Waals surface area (Å²) in [6.45, 7) is 0. The van der Waals surface area contributed by atoms with Crippen LogP contribution < -0.4 is 0 Å². The van der Waals surface area contributed by atoms with E-state index in [4.69, 9.17) is 0 Å². The molecule has 5 heteroatoms. The first-order valence-corrected chi connectivity index (χ1v) is 5.09. The molecule has 0 atom stereocenters. The minimum Gasteiger partial charge on any atom is -0.256 e. The van der Waals surface area contributed by atoms with Gasteiger partial charge < -0.3 is 0 Å². The van der Waals surface area contributed by atoms with Gasteiger partial charge >= 0.3 is 0 Å². The molecule has 1 N–H and O–H groups in total. The number of hydrogen-bond acceptors (Lipinski definition) is 2. The van der Waals surface area contributed by atoms with Crippen molar-refractivity contribution in [2.45, 2.75) is 0 Å². The van der Waals surface area contributed by atoms with Crippen molar-refractivity contribution in [2.75, 3.05) is 0 Å². The first-order valence-electron chi connectivity index (χ1n) is 2.94. The van der Waals surface area contributed by atoms with Gasteiger partial charge in [0.15, 0.2) is 0 Å². The van der Waals surface area contributed by atoms with E-state index in [-0.39, 0.29) is 0 Å². The minimum atomic E-state index is 0.956. The third kappa shape index (κ3) is 1.24. The van der Waals surface area contributed by atoms with Gasteiger partial charge in [-0.05, 0) is 57.3 Å². The van der Waals surface area contributed by atoms with E-state index in [2.05, 4.69) is 60.6 Å². The van der Waals surface area contributed by atoms with E-state index in [9.17, 15) is 0 Å². The van der Waals surface area contributed by atoms with Crippen LogP contribution in [0.25, 0.3) is 11.0 Å². The normalized spacial score (nSPS) is 10.7. The lowest BCUT2D eigenvalue weighted by Crippen LogP contribution is -1.79. The molecule has 0 saturated carbocycles. The zero-order chi connectivity index (χ0) is 7.84. The number of H-pyrrole nitrogens is 1. The Kier molecular flexibility index (Phi) is 2.00. The first-order chi connectivity index (χ1) is 5.29. The Balaban J connectivity index is 2.96. The van der Waals surface area contributed by atoms with Gasteiger partial charge in [0.1, 0.15) is 5.52 Å². The topological polar surface area (TPSA) is 41.6 Å². The maximum Gasteiger partial charge on any atom is 0.127 e. The predicted molar refractivity (Wildman–Crippen MR) is 59.3 cm³/mol. The fourth-order valence-electron chi connectivity index (χ4n) is 0.870. The number of aromatic amines is 1. The second-order valence-corrected chi connectivity index (χ2v) is 4.39. The van der Waals surface area contributed by atoms with Gasteiger partial charge in [-0.25, -0.2) is 0 Å². The Labute approximate surface area is 90.2 Å². The summed E-state index contributed by atoms with van der Waals surface area (Å²) in [6, 6.07) is 4.08. The molecule has 1 heterocycles. The van der Waals surface area contributed by atoms with E-state index in [1.807, 2.05) is 12.1 Å². The second kappa shape index (κ2) is 2.85. The average molecular weight is 371 g/mol. The highest BCUT2D eigenvalue weighted by molar-refractivity contribution is 14.1. The van der Waals surface area contributed by atoms with E-state index < -0.39 is 0 Å². The number of nitrogens with one attached hydrogen (secondary N) is 1. The lowest BCUT2D eigenvalue weighted by Gasteiger charge is -1.92. The van der Waals surface area contributed by atoms with Gasteiger partial charge in [-0.15, -0.1) is 5.10 Å². The van der Waals surface area contributed by atoms with Crippen molar-refractivity contribution in [3.63, 3.8) is 0 Å². The summed E-state index contributed by atoms with van der Waals surface area (Å²) in [5.41, 5.74) is 1.98. The van der Waals surface area contributed by atoms with Crippen molar-refractivity contribution in [1.82, 2.24) is 15.4 Å². The van der Waals surface area contributed by atoms with Crippen LogP contribution in [0.3, 0.4) is 0 Å². The summed E-state index contributed by atoms with van der Waals surface area (Å²) in [5, 5.41) is 10.6. The predicted octanol–water partition coefficient (Wildman–Crippen LogP) is 2.17. The van der Waals surface area contributed by atoms with Crippen LogP contribution in [0.1, 0.15) is 0 Å². The molecule has 2 aromatic rings. The monoisotopic (exact) mass is 371 g/mol. The third-order valence-corrected chi connectivity index (χ3v) is 3.16.